The number of allylic oxidation sites excluding steroid dienone is 1. The molecule has 1 heterocycles. The highest BCUT2D eigenvalue weighted by Gasteiger charge is 2.41. The van der Waals surface area contributed by atoms with E-state index in [0.29, 0.717) is 0 Å². The average Bonchev–Trinajstić information content (AvgIpc) is 2.66. The van der Waals surface area contributed by atoms with Gasteiger partial charge in [0.2, 0.25) is 0 Å². The van der Waals surface area contributed by atoms with Crippen LogP contribution >= 0.6 is 0 Å². The SMILES string of the molecule is OC1CCC2=C(C1)CC1(CC2)OCCO1. The fourth-order valence-corrected chi connectivity index (χ4v) is 3.05. The minimum Gasteiger partial charge on any atom is -0.393 e. The van der Waals surface area contributed by atoms with Crippen molar-refractivity contribution >= 4 is 0 Å². The zero-order valence-corrected chi connectivity index (χ0v) is 9.00. The van der Waals surface area contributed by atoms with Crippen LogP contribution in [-0.4, -0.2) is 30.2 Å². The smallest absolute Gasteiger partial charge is 0.172 e. The largest absolute Gasteiger partial charge is 0.393 e. The second-order valence-corrected chi connectivity index (χ2v) is 4.89. The van der Waals surface area contributed by atoms with Crippen LogP contribution in [0.5, 0.6) is 0 Å². The van der Waals surface area contributed by atoms with Crippen molar-refractivity contribution in [3.05, 3.63) is 11.1 Å². The molecule has 0 aromatic rings. The first-order valence-electron chi connectivity index (χ1n) is 5.93. The van der Waals surface area contributed by atoms with Crippen LogP contribution in [0.4, 0.5) is 0 Å². The number of hydrogen-bond donors (Lipinski definition) is 1. The molecule has 0 saturated carbocycles. The van der Waals surface area contributed by atoms with E-state index in [-0.39, 0.29) is 11.9 Å². The van der Waals surface area contributed by atoms with E-state index in [4.69, 9.17) is 9.47 Å². The van der Waals surface area contributed by atoms with Crippen molar-refractivity contribution in [2.45, 2.75) is 50.4 Å². The molecule has 84 valence electrons. The molecule has 1 unspecified atom stereocenters. The molecule has 15 heavy (non-hydrogen) atoms. The third kappa shape index (κ3) is 1.73. The molecule has 3 aliphatic rings. The molecule has 1 N–H and O–H groups in total. The highest BCUT2D eigenvalue weighted by Crippen LogP contribution is 2.43. The Morgan fingerprint density at radius 3 is 2.73 bits per heavy atom. The van der Waals surface area contributed by atoms with Gasteiger partial charge in [-0.2, -0.15) is 0 Å². The predicted octanol–water partition coefficient (Wildman–Crippen LogP) is 1.75. The van der Waals surface area contributed by atoms with Crippen molar-refractivity contribution in [3.63, 3.8) is 0 Å². The molecule has 0 bridgehead atoms. The number of rotatable bonds is 0. The van der Waals surface area contributed by atoms with Crippen molar-refractivity contribution < 1.29 is 14.6 Å². The Labute approximate surface area is 90.1 Å². The minimum absolute atomic E-state index is 0.139. The van der Waals surface area contributed by atoms with Crippen LogP contribution in [0, 0.1) is 0 Å². The van der Waals surface area contributed by atoms with Crippen LogP contribution in [0.1, 0.15) is 38.5 Å². The minimum atomic E-state index is -0.324. The zero-order valence-electron chi connectivity index (χ0n) is 9.00. The molecule has 0 aromatic heterocycles. The Hall–Kier alpha value is -0.380. The number of hydrogen-bond acceptors (Lipinski definition) is 3. The molecular formula is C12H18O3. The fourth-order valence-electron chi connectivity index (χ4n) is 3.05. The van der Waals surface area contributed by atoms with Gasteiger partial charge in [0, 0.05) is 12.8 Å². The zero-order chi connectivity index (χ0) is 10.3. The van der Waals surface area contributed by atoms with E-state index in [1.807, 2.05) is 0 Å². The number of ether oxygens (including phenoxy) is 2. The lowest BCUT2D eigenvalue weighted by Crippen LogP contribution is -2.35. The molecule has 1 aliphatic heterocycles. The second-order valence-electron chi connectivity index (χ2n) is 4.89. The third-order valence-corrected chi connectivity index (χ3v) is 3.87. The van der Waals surface area contributed by atoms with Crippen LogP contribution in [0.2, 0.25) is 0 Å². The Kier molecular flexibility index (Phi) is 2.34. The molecule has 3 rings (SSSR count). The Bertz CT molecular complexity index is 289. The Balaban J connectivity index is 1.80. The molecule has 3 heteroatoms. The number of aliphatic hydroxyl groups excluding tert-OH is 1. The lowest BCUT2D eigenvalue weighted by Gasteiger charge is -2.37. The summed E-state index contributed by atoms with van der Waals surface area (Å²) in [7, 11) is 0. The Morgan fingerprint density at radius 2 is 1.93 bits per heavy atom. The van der Waals surface area contributed by atoms with Crippen LogP contribution < -0.4 is 0 Å². The first-order valence-corrected chi connectivity index (χ1v) is 5.93. The normalized spacial score (nSPS) is 34.6. The van der Waals surface area contributed by atoms with E-state index < -0.39 is 0 Å². The maximum atomic E-state index is 9.66. The van der Waals surface area contributed by atoms with Gasteiger partial charge < -0.3 is 14.6 Å². The van der Waals surface area contributed by atoms with Crippen LogP contribution in [-0.2, 0) is 9.47 Å². The number of aliphatic hydroxyl groups is 1. The topological polar surface area (TPSA) is 38.7 Å². The summed E-state index contributed by atoms with van der Waals surface area (Å²) in [6.45, 7) is 1.45. The summed E-state index contributed by atoms with van der Waals surface area (Å²) in [5, 5.41) is 9.66. The Morgan fingerprint density at radius 1 is 1.13 bits per heavy atom. The first-order chi connectivity index (χ1) is 7.27. The molecule has 1 spiro atoms. The highest BCUT2D eigenvalue weighted by molar-refractivity contribution is 5.23. The quantitative estimate of drug-likeness (QED) is 0.619. The summed E-state index contributed by atoms with van der Waals surface area (Å²) in [5.41, 5.74) is 2.96. The van der Waals surface area contributed by atoms with Crippen molar-refractivity contribution in [2.75, 3.05) is 13.2 Å². The van der Waals surface area contributed by atoms with Crippen molar-refractivity contribution in [1.29, 1.82) is 0 Å². The summed E-state index contributed by atoms with van der Waals surface area (Å²) in [6.07, 6.45) is 5.70. The van der Waals surface area contributed by atoms with Gasteiger partial charge >= 0.3 is 0 Å². The van der Waals surface area contributed by atoms with Crippen molar-refractivity contribution in [1.82, 2.24) is 0 Å². The lowest BCUT2D eigenvalue weighted by atomic mass is 9.78. The maximum absolute atomic E-state index is 9.66. The monoisotopic (exact) mass is 210 g/mol. The molecule has 2 aliphatic carbocycles. The van der Waals surface area contributed by atoms with E-state index in [1.165, 1.54) is 5.57 Å². The van der Waals surface area contributed by atoms with Gasteiger partial charge in [-0.05, 0) is 25.7 Å². The van der Waals surface area contributed by atoms with E-state index in [1.54, 1.807) is 5.57 Å². The van der Waals surface area contributed by atoms with E-state index in [2.05, 4.69) is 0 Å². The van der Waals surface area contributed by atoms with E-state index in [9.17, 15) is 5.11 Å². The average molecular weight is 210 g/mol. The summed E-state index contributed by atoms with van der Waals surface area (Å²) in [4.78, 5) is 0. The van der Waals surface area contributed by atoms with Gasteiger partial charge in [-0.1, -0.05) is 11.1 Å². The van der Waals surface area contributed by atoms with Gasteiger partial charge in [0.05, 0.1) is 19.3 Å². The molecule has 0 aromatic carbocycles. The molecule has 1 atom stereocenters. The summed E-state index contributed by atoms with van der Waals surface area (Å²) in [6, 6.07) is 0. The van der Waals surface area contributed by atoms with Crippen LogP contribution in [0.3, 0.4) is 0 Å². The van der Waals surface area contributed by atoms with Crippen LogP contribution in [0.15, 0.2) is 11.1 Å². The first kappa shape index (κ1) is 9.82. The van der Waals surface area contributed by atoms with Gasteiger partial charge in [0.25, 0.3) is 0 Å². The van der Waals surface area contributed by atoms with Gasteiger partial charge in [-0.25, -0.2) is 0 Å². The predicted molar refractivity (Wildman–Crippen MR) is 55.4 cm³/mol. The van der Waals surface area contributed by atoms with E-state index >= 15 is 0 Å². The maximum Gasteiger partial charge on any atom is 0.172 e. The summed E-state index contributed by atoms with van der Waals surface area (Å²) in [5.74, 6) is -0.324. The molecule has 0 amide bonds. The van der Waals surface area contributed by atoms with Crippen molar-refractivity contribution in [2.24, 2.45) is 0 Å². The van der Waals surface area contributed by atoms with Gasteiger partial charge in [0.15, 0.2) is 5.79 Å². The lowest BCUT2D eigenvalue weighted by molar-refractivity contribution is -0.164. The molecule has 3 nitrogen and oxygen atoms in total. The standard InChI is InChI=1S/C12H18O3/c13-11-2-1-9-3-4-12(8-10(9)7-11)14-5-6-15-12/h11,13H,1-8H2. The third-order valence-electron chi connectivity index (χ3n) is 3.87. The van der Waals surface area contributed by atoms with Gasteiger partial charge in [-0.3, -0.25) is 0 Å². The fraction of sp³-hybridized carbons (Fsp3) is 0.833. The molecule has 1 fully saturated rings. The summed E-state index contributed by atoms with van der Waals surface area (Å²) < 4.78 is 11.5. The van der Waals surface area contributed by atoms with E-state index in [0.717, 1.165) is 51.7 Å². The van der Waals surface area contributed by atoms with Gasteiger partial charge in [0.1, 0.15) is 0 Å². The molecular weight excluding hydrogens is 192 g/mol. The molecule has 1 saturated heterocycles. The second kappa shape index (κ2) is 3.58. The highest BCUT2D eigenvalue weighted by atomic mass is 16.7. The summed E-state index contributed by atoms with van der Waals surface area (Å²) >= 11 is 0. The van der Waals surface area contributed by atoms with Crippen LogP contribution in [0.25, 0.3) is 0 Å². The molecule has 0 radical (unpaired) electrons. The van der Waals surface area contributed by atoms with Crippen molar-refractivity contribution in [3.8, 4) is 0 Å². The van der Waals surface area contributed by atoms with Gasteiger partial charge in [-0.15, -0.1) is 0 Å².